The fourth-order valence-electron chi connectivity index (χ4n) is 2.13. The molecular formula is C14H13Cl2N3S. The van der Waals surface area contributed by atoms with Crippen molar-refractivity contribution in [2.24, 2.45) is 0 Å². The normalized spacial score (nSPS) is 11.2. The number of benzene rings is 1. The molecule has 2 aromatic heterocycles. The van der Waals surface area contributed by atoms with E-state index in [2.05, 4.69) is 27.8 Å². The second-order valence-corrected chi connectivity index (χ2v) is 6.67. The average Bonchev–Trinajstić information content (AvgIpc) is 2.84. The van der Waals surface area contributed by atoms with Crippen LogP contribution in [0.5, 0.6) is 0 Å². The standard InChI is InChI=1S/C14H13Cl2N3S/c1-8-7-19-13(9(2)18-14(19)20-8)6-17-12-4-3-10(15)5-11(12)16/h3-5,7,17H,6H2,1-2H3. The van der Waals surface area contributed by atoms with Crippen LogP contribution in [0, 0.1) is 13.8 Å². The van der Waals surface area contributed by atoms with E-state index in [9.17, 15) is 0 Å². The van der Waals surface area contributed by atoms with Crippen LogP contribution in [0.4, 0.5) is 5.69 Å². The molecule has 0 bridgehead atoms. The minimum atomic E-state index is 0.623. The molecule has 6 heteroatoms. The van der Waals surface area contributed by atoms with E-state index in [1.165, 1.54) is 4.88 Å². The number of fused-ring (bicyclic) bond motifs is 1. The van der Waals surface area contributed by atoms with Gasteiger partial charge in [-0.1, -0.05) is 23.2 Å². The third kappa shape index (κ3) is 2.51. The second-order valence-electron chi connectivity index (χ2n) is 4.62. The molecule has 0 saturated carbocycles. The molecule has 0 amide bonds. The highest BCUT2D eigenvalue weighted by Gasteiger charge is 2.11. The summed E-state index contributed by atoms with van der Waals surface area (Å²) >= 11 is 13.8. The van der Waals surface area contributed by atoms with Crippen LogP contribution in [-0.4, -0.2) is 9.38 Å². The van der Waals surface area contributed by atoms with E-state index in [4.69, 9.17) is 23.2 Å². The van der Waals surface area contributed by atoms with E-state index in [-0.39, 0.29) is 0 Å². The molecule has 2 heterocycles. The molecule has 0 aliphatic rings. The van der Waals surface area contributed by atoms with Crippen molar-refractivity contribution in [2.45, 2.75) is 20.4 Å². The lowest BCUT2D eigenvalue weighted by Crippen LogP contribution is -2.04. The number of rotatable bonds is 3. The Labute approximate surface area is 131 Å². The van der Waals surface area contributed by atoms with Crippen LogP contribution in [0.2, 0.25) is 10.0 Å². The molecule has 0 fully saturated rings. The van der Waals surface area contributed by atoms with Crippen LogP contribution in [0.25, 0.3) is 4.96 Å². The van der Waals surface area contributed by atoms with Gasteiger partial charge in [0, 0.05) is 16.1 Å². The van der Waals surface area contributed by atoms with Gasteiger partial charge in [0.05, 0.1) is 28.6 Å². The topological polar surface area (TPSA) is 29.3 Å². The maximum atomic E-state index is 6.16. The first-order valence-electron chi connectivity index (χ1n) is 6.17. The third-order valence-corrected chi connectivity index (χ3v) is 4.56. The maximum Gasteiger partial charge on any atom is 0.194 e. The number of hydrogen-bond acceptors (Lipinski definition) is 3. The molecule has 1 aromatic carbocycles. The number of anilines is 1. The SMILES string of the molecule is Cc1cn2c(CNc3ccc(Cl)cc3Cl)c(C)nc2s1. The van der Waals surface area contributed by atoms with Crippen LogP contribution in [0.15, 0.2) is 24.4 Å². The lowest BCUT2D eigenvalue weighted by Gasteiger charge is -2.08. The van der Waals surface area contributed by atoms with Gasteiger partial charge in [-0.3, -0.25) is 4.40 Å². The van der Waals surface area contributed by atoms with Gasteiger partial charge >= 0.3 is 0 Å². The number of hydrogen-bond donors (Lipinski definition) is 1. The van der Waals surface area contributed by atoms with Crippen molar-refractivity contribution in [1.82, 2.24) is 9.38 Å². The van der Waals surface area contributed by atoms with Crippen molar-refractivity contribution in [2.75, 3.05) is 5.32 Å². The summed E-state index contributed by atoms with van der Waals surface area (Å²) in [6, 6.07) is 5.44. The van der Waals surface area contributed by atoms with Gasteiger partial charge in [0.1, 0.15) is 0 Å². The molecule has 3 aromatic rings. The van der Waals surface area contributed by atoms with Crippen molar-refractivity contribution in [1.29, 1.82) is 0 Å². The summed E-state index contributed by atoms with van der Waals surface area (Å²) in [7, 11) is 0. The maximum absolute atomic E-state index is 6.16. The quantitative estimate of drug-likeness (QED) is 0.739. The lowest BCUT2D eigenvalue weighted by atomic mass is 10.3. The number of nitrogens with one attached hydrogen (secondary N) is 1. The summed E-state index contributed by atoms with van der Waals surface area (Å²) in [6.45, 7) is 4.78. The molecule has 0 aliphatic heterocycles. The summed E-state index contributed by atoms with van der Waals surface area (Å²) in [5.41, 5.74) is 3.06. The van der Waals surface area contributed by atoms with Gasteiger partial charge in [0.25, 0.3) is 0 Å². The van der Waals surface area contributed by atoms with Gasteiger partial charge in [0.15, 0.2) is 4.96 Å². The van der Waals surface area contributed by atoms with Crippen molar-refractivity contribution >= 4 is 45.2 Å². The first-order chi connectivity index (χ1) is 9.54. The van der Waals surface area contributed by atoms with Gasteiger partial charge < -0.3 is 5.32 Å². The number of halogens is 2. The van der Waals surface area contributed by atoms with E-state index >= 15 is 0 Å². The smallest absolute Gasteiger partial charge is 0.194 e. The minimum absolute atomic E-state index is 0.623. The first kappa shape index (κ1) is 13.7. The zero-order valence-electron chi connectivity index (χ0n) is 11.1. The van der Waals surface area contributed by atoms with Gasteiger partial charge in [-0.05, 0) is 32.0 Å². The number of thiazole rings is 1. The highest BCUT2D eigenvalue weighted by atomic mass is 35.5. The second kappa shape index (κ2) is 5.28. The van der Waals surface area contributed by atoms with E-state index in [1.807, 2.05) is 19.1 Å². The van der Waals surface area contributed by atoms with E-state index in [1.54, 1.807) is 17.4 Å². The Morgan fingerprint density at radius 1 is 1.30 bits per heavy atom. The summed E-state index contributed by atoms with van der Waals surface area (Å²) in [6.07, 6.45) is 2.11. The molecule has 0 saturated heterocycles. The van der Waals surface area contributed by atoms with Crippen LogP contribution >= 0.6 is 34.5 Å². The predicted molar refractivity (Wildman–Crippen MR) is 86.3 cm³/mol. The largest absolute Gasteiger partial charge is 0.378 e. The van der Waals surface area contributed by atoms with Crippen molar-refractivity contribution in [3.05, 3.63) is 50.7 Å². The first-order valence-corrected chi connectivity index (χ1v) is 7.75. The number of aryl methyl sites for hydroxylation is 2. The Kier molecular flexibility index (Phi) is 3.63. The van der Waals surface area contributed by atoms with Crippen molar-refractivity contribution < 1.29 is 0 Å². The van der Waals surface area contributed by atoms with Crippen LogP contribution < -0.4 is 5.32 Å². The zero-order valence-corrected chi connectivity index (χ0v) is 13.4. The summed E-state index contributed by atoms with van der Waals surface area (Å²) in [5, 5.41) is 4.60. The number of imidazole rings is 1. The molecule has 1 N–H and O–H groups in total. The van der Waals surface area contributed by atoms with Gasteiger partial charge in [-0.2, -0.15) is 0 Å². The average molecular weight is 326 g/mol. The minimum Gasteiger partial charge on any atom is -0.378 e. The molecule has 3 nitrogen and oxygen atoms in total. The molecule has 0 unspecified atom stereocenters. The lowest BCUT2D eigenvalue weighted by molar-refractivity contribution is 0.991. The van der Waals surface area contributed by atoms with E-state index in [0.29, 0.717) is 16.6 Å². The molecule has 0 spiro atoms. The monoisotopic (exact) mass is 325 g/mol. The Morgan fingerprint density at radius 3 is 2.85 bits per heavy atom. The van der Waals surface area contributed by atoms with Crippen molar-refractivity contribution in [3.63, 3.8) is 0 Å². The Balaban J connectivity index is 1.87. The molecular weight excluding hydrogens is 313 g/mol. The summed E-state index contributed by atoms with van der Waals surface area (Å²) in [5.74, 6) is 0. The van der Waals surface area contributed by atoms with Crippen molar-refractivity contribution in [3.8, 4) is 0 Å². The zero-order chi connectivity index (χ0) is 14.3. The molecule has 0 radical (unpaired) electrons. The fraction of sp³-hybridized carbons (Fsp3) is 0.214. The van der Waals surface area contributed by atoms with Crippen LogP contribution in [-0.2, 0) is 6.54 Å². The predicted octanol–water partition coefficient (Wildman–Crippen LogP) is 4.93. The van der Waals surface area contributed by atoms with Gasteiger partial charge in [-0.25, -0.2) is 4.98 Å². The van der Waals surface area contributed by atoms with Crippen LogP contribution in [0.1, 0.15) is 16.3 Å². The van der Waals surface area contributed by atoms with Gasteiger partial charge in [-0.15, -0.1) is 11.3 Å². The molecule has 0 aliphatic carbocycles. The molecule has 104 valence electrons. The Bertz CT molecular complexity index is 776. The summed E-state index contributed by atoms with van der Waals surface area (Å²) < 4.78 is 2.13. The molecule has 0 atom stereocenters. The Morgan fingerprint density at radius 2 is 2.10 bits per heavy atom. The van der Waals surface area contributed by atoms with E-state index in [0.717, 1.165) is 22.0 Å². The molecule has 3 rings (SSSR count). The number of nitrogens with zero attached hydrogens (tertiary/aromatic N) is 2. The highest BCUT2D eigenvalue weighted by molar-refractivity contribution is 7.17. The fourth-order valence-corrected chi connectivity index (χ4v) is 3.50. The number of aromatic nitrogens is 2. The Hall–Kier alpha value is -1.23. The van der Waals surface area contributed by atoms with Crippen LogP contribution in [0.3, 0.4) is 0 Å². The molecule has 20 heavy (non-hydrogen) atoms. The highest BCUT2D eigenvalue weighted by Crippen LogP contribution is 2.27. The summed E-state index contributed by atoms with van der Waals surface area (Å²) in [4.78, 5) is 6.85. The van der Waals surface area contributed by atoms with Gasteiger partial charge in [0.2, 0.25) is 0 Å². The van der Waals surface area contributed by atoms with E-state index < -0.39 is 0 Å². The third-order valence-electron chi connectivity index (χ3n) is 3.12.